The van der Waals surface area contributed by atoms with E-state index in [2.05, 4.69) is 29.6 Å². The standard InChI is InChI=1S/C16H16FNOS/c1-19-15-10-11(17)6-7-14(15)18-13-8-9-20-16-5-3-2-4-12(13)16/h2-7,10,13,18H,8-9H2,1H3. The van der Waals surface area contributed by atoms with E-state index < -0.39 is 0 Å². The van der Waals surface area contributed by atoms with Crippen LogP contribution in [-0.2, 0) is 0 Å². The number of hydrogen-bond acceptors (Lipinski definition) is 3. The molecule has 0 spiro atoms. The molecule has 1 aliphatic heterocycles. The lowest BCUT2D eigenvalue weighted by Crippen LogP contribution is -2.16. The zero-order valence-corrected chi connectivity index (χ0v) is 12.0. The maximum absolute atomic E-state index is 13.2. The summed E-state index contributed by atoms with van der Waals surface area (Å²) >= 11 is 1.88. The van der Waals surface area contributed by atoms with Crippen LogP contribution >= 0.6 is 11.8 Å². The van der Waals surface area contributed by atoms with Gasteiger partial charge >= 0.3 is 0 Å². The van der Waals surface area contributed by atoms with E-state index in [1.165, 1.54) is 22.6 Å². The third-order valence-corrected chi connectivity index (χ3v) is 4.57. The Kier molecular flexibility index (Phi) is 3.83. The van der Waals surface area contributed by atoms with Crippen molar-refractivity contribution in [1.82, 2.24) is 0 Å². The van der Waals surface area contributed by atoms with Crippen LogP contribution in [0.4, 0.5) is 10.1 Å². The van der Waals surface area contributed by atoms with Crippen molar-refractivity contribution >= 4 is 17.4 Å². The lowest BCUT2D eigenvalue weighted by molar-refractivity contribution is 0.412. The predicted octanol–water partition coefficient (Wildman–Crippen LogP) is 4.48. The third kappa shape index (κ3) is 2.61. The average Bonchev–Trinajstić information content (AvgIpc) is 2.49. The Morgan fingerprint density at radius 2 is 2.10 bits per heavy atom. The molecule has 0 amide bonds. The molecule has 20 heavy (non-hydrogen) atoms. The van der Waals surface area contributed by atoms with Crippen LogP contribution in [0.5, 0.6) is 5.75 Å². The average molecular weight is 289 g/mol. The molecule has 104 valence electrons. The number of hydrogen-bond donors (Lipinski definition) is 1. The quantitative estimate of drug-likeness (QED) is 0.900. The van der Waals surface area contributed by atoms with Crippen molar-refractivity contribution in [2.75, 3.05) is 18.2 Å². The minimum absolute atomic E-state index is 0.242. The maximum Gasteiger partial charge on any atom is 0.144 e. The fourth-order valence-corrected chi connectivity index (χ4v) is 3.59. The lowest BCUT2D eigenvalue weighted by atomic mass is 10.0. The van der Waals surface area contributed by atoms with E-state index in [0.29, 0.717) is 5.75 Å². The van der Waals surface area contributed by atoms with Gasteiger partial charge in [-0.05, 0) is 30.2 Å². The Balaban J connectivity index is 1.89. The van der Waals surface area contributed by atoms with Gasteiger partial charge < -0.3 is 10.1 Å². The van der Waals surface area contributed by atoms with Crippen LogP contribution in [0, 0.1) is 5.82 Å². The van der Waals surface area contributed by atoms with Crippen LogP contribution in [0.2, 0.25) is 0 Å². The highest BCUT2D eigenvalue weighted by Crippen LogP contribution is 2.39. The second kappa shape index (κ2) is 5.75. The van der Waals surface area contributed by atoms with Gasteiger partial charge in [0.1, 0.15) is 11.6 Å². The molecular weight excluding hydrogens is 273 g/mol. The van der Waals surface area contributed by atoms with Gasteiger partial charge in [0.05, 0.1) is 18.8 Å². The molecule has 4 heteroatoms. The molecule has 2 aromatic carbocycles. The Labute approximate surface area is 122 Å². The number of rotatable bonds is 3. The van der Waals surface area contributed by atoms with E-state index in [1.807, 2.05) is 11.8 Å². The minimum atomic E-state index is -0.285. The Bertz CT molecular complexity index is 617. The molecule has 1 N–H and O–H groups in total. The molecular formula is C16H16FNOS. The van der Waals surface area contributed by atoms with E-state index in [0.717, 1.165) is 17.9 Å². The molecule has 3 rings (SSSR count). The number of benzene rings is 2. The highest BCUT2D eigenvalue weighted by atomic mass is 32.2. The van der Waals surface area contributed by atoms with Crippen molar-refractivity contribution in [2.24, 2.45) is 0 Å². The van der Waals surface area contributed by atoms with Crippen molar-refractivity contribution in [3.63, 3.8) is 0 Å². The maximum atomic E-state index is 13.2. The number of fused-ring (bicyclic) bond motifs is 1. The summed E-state index contributed by atoms with van der Waals surface area (Å²) in [5.74, 6) is 1.34. The normalized spacial score (nSPS) is 17.4. The zero-order chi connectivity index (χ0) is 13.9. The smallest absolute Gasteiger partial charge is 0.144 e. The summed E-state index contributed by atoms with van der Waals surface area (Å²) in [4.78, 5) is 1.32. The molecule has 0 aliphatic carbocycles. The summed E-state index contributed by atoms with van der Waals surface area (Å²) in [6.45, 7) is 0. The van der Waals surface area contributed by atoms with Crippen LogP contribution < -0.4 is 10.1 Å². The molecule has 0 saturated carbocycles. The molecule has 1 atom stereocenters. The first-order chi connectivity index (χ1) is 9.78. The monoisotopic (exact) mass is 289 g/mol. The van der Waals surface area contributed by atoms with Gasteiger partial charge in [-0.3, -0.25) is 0 Å². The summed E-state index contributed by atoms with van der Waals surface area (Å²) in [6.07, 6.45) is 1.04. The van der Waals surface area contributed by atoms with Gasteiger partial charge in [-0.1, -0.05) is 18.2 Å². The van der Waals surface area contributed by atoms with Crippen LogP contribution in [-0.4, -0.2) is 12.9 Å². The summed E-state index contributed by atoms with van der Waals surface area (Å²) < 4.78 is 18.5. The molecule has 1 unspecified atom stereocenters. The van der Waals surface area contributed by atoms with Crippen LogP contribution in [0.3, 0.4) is 0 Å². The van der Waals surface area contributed by atoms with E-state index >= 15 is 0 Å². The van der Waals surface area contributed by atoms with E-state index in [-0.39, 0.29) is 11.9 Å². The molecule has 2 aromatic rings. The minimum Gasteiger partial charge on any atom is -0.494 e. The van der Waals surface area contributed by atoms with Crippen molar-refractivity contribution < 1.29 is 9.13 Å². The fourth-order valence-electron chi connectivity index (χ4n) is 2.46. The van der Waals surface area contributed by atoms with Crippen molar-refractivity contribution in [3.8, 4) is 5.75 Å². The Hall–Kier alpha value is -1.68. The van der Waals surface area contributed by atoms with Gasteiger partial charge in [-0.2, -0.15) is 0 Å². The van der Waals surface area contributed by atoms with Crippen LogP contribution in [0.1, 0.15) is 18.0 Å². The number of halogens is 1. The molecule has 1 aliphatic rings. The lowest BCUT2D eigenvalue weighted by Gasteiger charge is -2.27. The highest BCUT2D eigenvalue weighted by Gasteiger charge is 2.21. The molecule has 1 heterocycles. The molecule has 0 fully saturated rings. The molecule has 0 saturated heterocycles. The Morgan fingerprint density at radius 1 is 1.25 bits per heavy atom. The van der Waals surface area contributed by atoms with Gasteiger partial charge in [0, 0.05) is 16.7 Å². The predicted molar refractivity (Wildman–Crippen MR) is 81.1 cm³/mol. The van der Waals surface area contributed by atoms with Crippen molar-refractivity contribution in [1.29, 1.82) is 0 Å². The summed E-state index contributed by atoms with van der Waals surface area (Å²) in [6, 6.07) is 13.3. The Morgan fingerprint density at radius 3 is 2.95 bits per heavy atom. The van der Waals surface area contributed by atoms with E-state index in [9.17, 15) is 4.39 Å². The van der Waals surface area contributed by atoms with Gasteiger partial charge in [0.15, 0.2) is 0 Å². The number of thioether (sulfide) groups is 1. The van der Waals surface area contributed by atoms with Gasteiger partial charge in [0.2, 0.25) is 0 Å². The summed E-state index contributed by atoms with van der Waals surface area (Å²) in [7, 11) is 1.56. The molecule has 0 aromatic heterocycles. The number of anilines is 1. The summed E-state index contributed by atoms with van der Waals surface area (Å²) in [5, 5.41) is 3.48. The largest absolute Gasteiger partial charge is 0.494 e. The SMILES string of the molecule is COc1cc(F)ccc1NC1CCSc2ccccc21. The molecule has 0 radical (unpaired) electrons. The third-order valence-electron chi connectivity index (χ3n) is 3.45. The highest BCUT2D eigenvalue weighted by molar-refractivity contribution is 7.99. The molecule has 2 nitrogen and oxygen atoms in total. The fraction of sp³-hybridized carbons (Fsp3) is 0.250. The first-order valence-electron chi connectivity index (χ1n) is 6.60. The number of methoxy groups -OCH3 is 1. The number of nitrogens with one attached hydrogen (secondary N) is 1. The molecule has 0 bridgehead atoms. The van der Waals surface area contributed by atoms with Gasteiger partial charge in [-0.15, -0.1) is 11.8 Å². The van der Waals surface area contributed by atoms with Crippen molar-refractivity contribution in [2.45, 2.75) is 17.4 Å². The van der Waals surface area contributed by atoms with E-state index in [4.69, 9.17) is 4.74 Å². The van der Waals surface area contributed by atoms with E-state index in [1.54, 1.807) is 13.2 Å². The second-order valence-electron chi connectivity index (χ2n) is 4.72. The van der Waals surface area contributed by atoms with Gasteiger partial charge in [0.25, 0.3) is 0 Å². The summed E-state index contributed by atoms with van der Waals surface area (Å²) in [5.41, 5.74) is 2.13. The van der Waals surface area contributed by atoms with Crippen LogP contribution in [0.15, 0.2) is 47.4 Å². The van der Waals surface area contributed by atoms with Gasteiger partial charge in [-0.25, -0.2) is 4.39 Å². The second-order valence-corrected chi connectivity index (χ2v) is 5.85. The van der Waals surface area contributed by atoms with Crippen molar-refractivity contribution in [3.05, 3.63) is 53.8 Å². The first-order valence-corrected chi connectivity index (χ1v) is 7.58. The van der Waals surface area contributed by atoms with Crippen LogP contribution in [0.25, 0.3) is 0 Å². The first kappa shape index (κ1) is 13.3. The zero-order valence-electron chi connectivity index (χ0n) is 11.2. The topological polar surface area (TPSA) is 21.3 Å². The number of ether oxygens (including phenoxy) is 1.